The number of hydrogen-bond donors (Lipinski definition) is 1. The highest BCUT2D eigenvalue weighted by Crippen LogP contribution is 2.35. The maximum Gasteiger partial charge on any atom is 0.178 e. The van der Waals surface area contributed by atoms with Crippen LogP contribution in [0.25, 0.3) is 11.0 Å². The lowest BCUT2D eigenvalue weighted by atomic mass is 9.98. The third kappa shape index (κ3) is 2.42. The van der Waals surface area contributed by atoms with Crippen molar-refractivity contribution in [2.75, 3.05) is 14.2 Å². The van der Waals surface area contributed by atoms with Gasteiger partial charge in [-0.3, -0.25) is 0 Å². The molecule has 110 valence electrons. The van der Waals surface area contributed by atoms with Crippen molar-refractivity contribution in [1.29, 1.82) is 0 Å². The van der Waals surface area contributed by atoms with Gasteiger partial charge in [-0.25, -0.2) is 0 Å². The third-order valence-corrected chi connectivity index (χ3v) is 3.94. The van der Waals surface area contributed by atoms with E-state index < -0.39 is 0 Å². The number of hydrogen-bond acceptors (Lipinski definition) is 3. The van der Waals surface area contributed by atoms with E-state index in [1.807, 2.05) is 12.1 Å². The second-order valence-electron chi connectivity index (χ2n) is 5.55. The maximum atomic E-state index is 5.50. The summed E-state index contributed by atoms with van der Waals surface area (Å²) in [6.07, 6.45) is 2.16. The molecule has 0 saturated heterocycles. The summed E-state index contributed by atoms with van der Waals surface area (Å²) in [5.74, 6) is 1.42. The van der Waals surface area contributed by atoms with Gasteiger partial charge in [0.15, 0.2) is 16.3 Å². The Morgan fingerprint density at radius 3 is 2.35 bits per heavy atom. The number of nitrogens with one attached hydrogen (secondary N) is 1. The van der Waals surface area contributed by atoms with Crippen molar-refractivity contribution in [3.63, 3.8) is 0 Å². The number of fused-ring (bicyclic) bond motifs is 1. The van der Waals surface area contributed by atoms with Crippen LogP contribution >= 0.6 is 12.2 Å². The van der Waals surface area contributed by atoms with Crippen LogP contribution in [0.1, 0.15) is 33.6 Å². The van der Waals surface area contributed by atoms with Gasteiger partial charge in [-0.05, 0) is 32.5 Å². The summed E-state index contributed by atoms with van der Waals surface area (Å²) in [5.41, 5.74) is 1.98. The molecular weight excluding hydrogens is 272 g/mol. The summed E-state index contributed by atoms with van der Waals surface area (Å²) in [6, 6.07) is 3.92. The molecule has 0 aliphatic rings. The standard InChI is InChI=1S/C15H22N2O2S/c1-6-7-15(2,3)17-11-9-13(19-5)12(18-4)8-10(11)16-14(17)20/h8-9H,6-7H2,1-5H3,(H,16,20). The molecule has 0 fully saturated rings. The number of H-pyrrole nitrogens is 1. The van der Waals surface area contributed by atoms with Crippen LogP contribution in [-0.2, 0) is 5.54 Å². The van der Waals surface area contributed by atoms with Gasteiger partial charge in [0, 0.05) is 17.7 Å². The number of methoxy groups -OCH3 is 2. The lowest BCUT2D eigenvalue weighted by Gasteiger charge is -2.27. The number of imidazole rings is 1. The molecule has 20 heavy (non-hydrogen) atoms. The fraction of sp³-hybridized carbons (Fsp3) is 0.533. The van der Waals surface area contributed by atoms with Gasteiger partial charge >= 0.3 is 0 Å². The van der Waals surface area contributed by atoms with E-state index in [1.54, 1.807) is 14.2 Å². The zero-order valence-corrected chi connectivity index (χ0v) is 13.6. The Balaban J connectivity index is 2.73. The first-order chi connectivity index (χ1) is 9.44. The Labute approximate surface area is 124 Å². The average molecular weight is 294 g/mol. The predicted molar refractivity (Wildman–Crippen MR) is 84.5 cm³/mol. The Morgan fingerprint density at radius 1 is 1.20 bits per heavy atom. The third-order valence-electron chi connectivity index (χ3n) is 3.65. The van der Waals surface area contributed by atoms with Crippen LogP contribution in [0.15, 0.2) is 12.1 Å². The molecule has 0 bridgehead atoms. The number of rotatable bonds is 5. The van der Waals surface area contributed by atoms with Gasteiger partial charge in [0.25, 0.3) is 0 Å². The molecule has 2 rings (SSSR count). The molecule has 2 aromatic rings. The molecule has 0 amide bonds. The van der Waals surface area contributed by atoms with E-state index in [-0.39, 0.29) is 5.54 Å². The first-order valence-electron chi connectivity index (χ1n) is 6.82. The first kappa shape index (κ1) is 14.9. The highest BCUT2D eigenvalue weighted by molar-refractivity contribution is 7.71. The van der Waals surface area contributed by atoms with Crippen LogP contribution in [-0.4, -0.2) is 23.8 Å². The number of ether oxygens (including phenoxy) is 2. The molecule has 5 heteroatoms. The Hall–Kier alpha value is -1.49. The van der Waals surface area contributed by atoms with Crippen LogP contribution in [0.2, 0.25) is 0 Å². The second kappa shape index (κ2) is 5.48. The van der Waals surface area contributed by atoms with Crippen molar-refractivity contribution in [2.45, 2.75) is 39.2 Å². The minimum atomic E-state index is -0.0380. The Morgan fingerprint density at radius 2 is 1.80 bits per heavy atom. The summed E-state index contributed by atoms with van der Waals surface area (Å²) >= 11 is 5.50. The van der Waals surface area contributed by atoms with E-state index >= 15 is 0 Å². The van der Waals surface area contributed by atoms with E-state index in [4.69, 9.17) is 21.7 Å². The lowest BCUT2D eigenvalue weighted by molar-refractivity contribution is 0.328. The molecule has 0 radical (unpaired) electrons. The smallest absolute Gasteiger partial charge is 0.178 e. The van der Waals surface area contributed by atoms with Crippen LogP contribution in [0, 0.1) is 4.77 Å². The molecule has 0 aliphatic carbocycles. The average Bonchev–Trinajstić information content (AvgIpc) is 2.72. The van der Waals surface area contributed by atoms with Crippen LogP contribution in [0.3, 0.4) is 0 Å². The van der Waals surface area contributed by atoms with Crippen molar-refractivity contribution in [3.05, 3.63) is 16.9 Å². The van der Waals surface area contributed by atoms with E-state index in [9.17, 15) is 0 Å². The SMILES string of the molecule is CCCC(C)(C)n1c(=S)[nH]c2cc(OC)c(OC)cc21. The highest BCUT2D eigenvalue weighted by Gasteiger charge is 2.23. The van der Waals surface area contributed by atoms with E-state index in [1.165, 1.54) is 0 Å². The van der Waals surface area contributed by atoms with Crippen molar-refractivity contribution in [3.8, 4) is 11.5 Å². The van der Waals surface area contributed by atoms with Crippen molar-refractivity contribution in [1.82, 2.24) is 9.55 Å². The summed E-state index contributed by atoms with van der Waals surface area (Å²) in [6.45, 7) is 6.59. The molecule has 4 nitrogen and oxygen atoms in total. The van der Waals surface area contributed by atoms with Gasteiger partial charge in [-0.2, -0.15) is 0 Å². The molecule has 1 heterocycles. The molecule has 1 aromatic carbocycles. The molecule has 1 aromatic heterocycles. The monoisotopic (exact) mass is 294 g/mol. The summed E-state index contributed by atoms with van der Waals surface area (Å²) in [4.78, 5) is 3.26. The highest BCUT2D eigenvalue weighted by atomic mass is 32.1. The molecule has 0 unspecified atom stereocenters. The fourth-order valence-electron chi connectivity index (χ4n) is 2.76. The van der Waals surface area contributed by atoms with Gasteiger partial charge in [0.05, 0.1) is 25.3 Å². The summed E-state index contributed by atoms with van der Waals surface area (Å²) < 4.78 is 13.6. The van der Waals surface area contributed by atoms with Crippen molar-refractivity contribution in [2.24, 2.45) is 0 Å². The fourth-order valence-corrected chi connectivity index (χ4v) is 3.21. The van der Waals surface area contributed by atoms with Gasteiger partial charge in [-0.15, -0.1) is 0 Å². The van der Waals surface area contributed by atoms with E-state index in [2.05, 4.69) is 30.3 Å². The zero-order valence-electron chi connectivity index (χ0n) is 12.7. The molecular formula is C15H22N2O2S. The largest absolute Gasteiger partial charge is 0.493 e. The molecule has 0 aliphatic heterocycles. The topological polar surface area (TPSA) is 39.2 Å². The van der Waals surface area contributed by atoms with E-state index in [0.29, 0.717) is 5.75 Å². The molecule has 0 saturated carbocycles. The van der Waals surface area contributed by atoms with Gasteiger partial charge in [-0.1, -0.05) is 13.3 Å². The quantitative estimate of drug-likeness (QED) is 0.838. The maximum absolute atomic E-state index is 5.50. The van der Waals surface area contributed by atoms with Gasteiger partial charge < -0.3 is 19.0 Å². The molecule has 0 spiro atoms. The lowest BCUT2D eigenvalue weighted by Crippen LogP contribution is -2.26. The number of benzene rings is 1. The van der Waals surface area contributed by atoms with Gasteiger partial charge in [0.1, 0.15) is 0 Å². The predicted octanol–water partition coefficient (Wildman–Crippen LogP) is 4.25. The Bertz CT molecular complexity index is 670. The van der Waals surface area contributed by atoms with Crippen LogP contribution < -0.4 is 9.47 Å². The van der Waals surface area contributed by atoms with E-state index in [0.717, 1.165) is 34.4 Å². The van der Waals surface area contributed by atoms with Crippen molar-refractivity contribution >= 4 is 23.3 Å². The summed E-state index contributed by atoms with van der Waals surface area (Å²) in [5, 5.41) is 0. The van der Waals surface area contributed by atoms with Crippen molar-refractivity contribution < 1.29 is 9.47 Å². The van der Waals surface area contributed by atoms with Gasteiger partial charge in [0.2, 0.25) is 0 Å². The number of aromatic amines is 1. The van der Waals surface area contributed by atoms with Crippen LogP contribution in [0.4, 0.5) is 0 Å². The second-order valence-corrected chi connectivity index (χ2v) is 5.94. The molecule has 1 N–H and O–H groups in total. The molecule has 0 atom stereocenters. The minimum Gasteiger partial charge on any atom is -0.493 e. The zero-order chi connectivity index (χ0) is 14.9. The summed E-state index contributed by atoms with van der Waals surface area (Å²) in [7, 11) is 3.28. The normalized spacial score (nSPS) is 11.8. The first-order valence-corrected chi connectivity index (χ1v) is 7.22. The van der Waals surface area contributed by atoms with Crippen LogP contribution in [0.5, 0.6) is 11.5 Å². The number of nitrogens with zero attached hydrogens (tertiary/aromatic N) is 1. The number of aromatic nitrogens is 2. The minimum absolute atomic E-state index is 0.0380. The Kier molecular flexibility index (Phi) is 4.09.